The minimum Gasteiger partial charge on any atom is -0.491 e. The van der Waals surface area contributed by atoms with Gasteiger partial charge < -0.3 is 28.7 Å². The summed E-state index contributed by atoms with van der Waals surface area (Å²) in [6.45, 7) is 6.31. The highest BCUT2D eigenvalue weighted by Crippen LogP contribution is 2.27. The number of hydrogen-bond donors (Lipinski definition) is 0. The van der Waals surface area contributed by atoms with Gasteiger partial charge in [-0.2, -0.15) is 0 Å². The summed E-state index contributed by atoms with van der Waals surface area (Å²) < 4.78 is 21.5. The third kappa shape index (κ3) is 12.4. The van der Waals surface area contributed by atoms with Crippen molar-refractivity contribution in [2.24, 2.45) is 0 Å². The zero-order chi connectivity index (χ0) is 29.3. The van der Waals surface area contributed by atoms with Crippen molar-refractivity contribution >= 4 is 29.1 Å². The molecule has 41 heavy (non-hydrogen) atoms. The summed E-state index contributed by atoms with van der Waals surface area (Å²) in [6, 6.07) is 13.2. The fraction of sp³-hybridized carbons (Fsp3) is 0.567. The van der Waals surface area contributed by atoms with Gasteiger partial charge in [-0.05, 0) is 61.3 Å². The first-order valence-electron chi connectivity index (χ1n) is 14.0. The second-order valence-corrected chi connectivity index (χ2v) is 10.5. The van der Waals surface area contributed by atoms with Crippen LogP contribution < -0.4 is 4.74 Å². The van der Waals surface area contributed by atoms with Gasteiger partial charge in [0, 0.05) is 20.7 Å². The molecule has 1 saturated heterocycles. The number of ether oxygens (including phenoxy) is 4. The molecule has 1 atom stereocenters. The fourth-order valence-electron chi connectivity index (χ4n) is 4.44. The van der Waals surface area contributed by atoms with Crippen LogP contribution in [0.4, 0.5) is 0 Å². The molecule has 2 aromatic rings. The average molecular weight is 614 g/mol. The van der Waals surface area contributed by atoms with Crippen molar-refractivity contribution in [1.82, 2.24) is 9.80 Å². The van der Waals surface area contributed by atoms with Crippen LogP contribution in [0.25, 0.3) is 0 Å². The van der Waals surface area contributed by atoms with Crippen LogP contribution in [-0.4, -0.2) is 102 Å². The molecule has 0 radical (unpaired) electrons. The third-order valence-corrected chi connectivity index (χ3v) is 7.47. The van der Waals surface area contributed by atoms with Crippen LogP contribution in [0.2, 0.25) is 10.0 Å². The second-order valence-electron chi connectivity index (χ2n) is 9.73. The monoisotopic (exact) mass is 612 g/mol. The summed E-state index contributed by atoms with van der Waals surface area (Å²) in [5.74, 6) is 0.768. The minimum atomic E-state index is -0.0834. The molecule has 2 aromatic carbocycles. The Balaban J connectivity index is 1.42. The molecule has 1 fully saturated rings. The molecule has 0 aliphatic carbocycles. The molecule has 0 spiro atoms. The van der Waals surface area contributed by atoms with Gasteiger partial charge >= 0.3 is 0 Å². The average Bonchev–Trinajstić information content (AvgIpc) is 3.49. The molecule has 0 bridgehead atoms. The Bertz CT molecular complexity index is 1020. The van der Waals surface area contributed by atoms with Crippen molar-refractivity contribution in [2.75, 3.05) is 86.6 Å². The summed E-state index contributed by atoms with van der Waals surface area (Å²) in [4.78, 5) is 27.6. The zero-order valence-corrected chi connectivity index (χ0v) is 25.5. The van der Waals surface area contributed by atoms with Crippen molar-refractivity contribution in [3.8, 4) is 5.75 Å². The number of hydrogen-bond acceptors (Lipinski definition) is 8. The van der Waals surface area contributed by atoms with E-state index in [-0.39, 0.29) is 18.4 Å². The highest BCUT2D eigenvalue weighted by Gasteiger charge is 2.26. The number of amides is 1. The lowest BCUT2D eigenvalue weighted by Gasteiger charge is -2.32. The zero-order valence-electron chi connectivity index (χ0n) is 24.0. The largest absolute Gasteiger partial charge is 0.491 e. The van der Waals surface area contributed by atoms with Gasteiger partial charge in [0.1, 0.15) is 25.6 Å². The number of carbonyl (C=O) groups is 1. The Morgan fingerprint density at radius 2 is 1.49 bits per heavy atom. The van der Waals surface area contributed by atoms with Gasteiger partial charge in [0.15, 0.2) is 0 Å². The van der Waals surface area contributed by atoms with E-state index in [1.807, 2.05) is 42.3 Å². The maximum Gasteiger partial charge on any atom is 0.227 e. The van der Waals surface area contributed by atoms with Crippen molar-refractivity contribution in [3.05, 3.63) is 63.6 Å². The van der Waals surface area contributed by atoms with E-state index >= 15 is 0 Å². The van der Waals surface area contributed by atoms with Gasteiger partial charge in [-0.15, -0.1) is 0 Å². The molecule has 0 N–H and O–H groups in total. The molecule has 1 aliphatic rings. The van der Waals surface area contributed by atoms with Crippen LogP contribution >= 0.6 is 23.2 Å². The van der Waals surface area contributed by atoms with Crippen molar-refractivity contribution < 1.29 is 33.5 Å². The Labute approximate surface area is 253 Å². The van der Waals surface area contributed by atoms with E-state index in [0.29, 0.717) is 62.9 Å². The number of benzene rings is 2. The van der Waals surface area contributed by atoms with Crippen LogP contribution in [0.3, 0.4) is 0 Å². The van der Waals surface area contributed by atoms with E-state index < -0.39 is 0 Å². The molecule has 1 amide bonds. The maximum atomic E-state index is 13.3. The van der Waals surface area contributed by atoms with Gasteiger partial charge in [-0.25, -0.2) is 9.78 Å². The quantitative estimate of drug-likeness (QED) is 0.119. The first-order chi connectivity index (χ1) is 20.0. The van der Waals surface area contributed by atoms with E-state index in [4.69, 9.17) is 51.9 Å². The van der Waals surface area contributed by atoms with Gasteiger partial charge in [0.25, 0.3) is 0 Å². The fourth-order valence-corrected chi connectivity index (χ4v) is 4.76. The number of carbonyl (C=O) groups excluding carboxylic acids is 1. The third-order valence-electron chi connectivity index (χ3n) is 6.73. The molecule has 0 aromatic heterocycles. The van der Waals surface area contributed by atoms with Crippen molar-refractivity contribution in [2.45, 2.75) is 25.3 Å². The summed E-state index contributed by atoms with van der Waals surface area (Å²) >= 11 is 12.2. The molecular weight excluding hydrogens is 571 g/mol. The van der Waals surface area contributed by atoms with Crippen LogP contribution in [0.1, 0.15) is 30.0 Å². The van der Waals surface area contributed by atoms with Crippen LogP contribution in [0.15, 0.2) is 42.5 Å². The van der Waals surface area contributed by atoms with Crippen LogP contribution in [-0.2, 0) is 35.2 Å². The predicted octanol–water partition coefficient (Wildman–Crippen LogP) is 4.84. The topological polar surface area (TPSA) is 78.9 Å². The summed E-state index contributed by atoms with van der Waals surface area (Å²) in [5.41, 5.74) is 1.90. The minimum absolute atomic E-state index is 0.0230. The first-order valence-corrected chi connectivity index (χ1v) is 14.8. The molecule has 3 rings (SSSR count). The number of nitrogens with zero attached hydrogens (tertiary/aromatic N) is 2. The Kier molecular flexibility index (Phi) is 15.8. The van der Waals surface area contributed by atoms with Gasteiger partial charge in [-0.3, -0.25) is 4.79 Å². The lowest BCUT2D eigenvalue weighted by molar-refractivity contribution is -0.303. The predicted molar refractivity (Wildman–Crippen MR) is 159 cm³/mol. The number of rotatable bonds is 20. The smallest absolute Gasteiger partial charge is 0.227 e. The van der Waals surface area contributed by atoms with E-state index in [0.717, 1.165) is 36.5 Å². The SMILES string of the molecule is COCCOCCOOCCOCCOc1ccc([C@@H](CN2CCCC2)N(C)C(=O)Cc2ccc(Cl)c(Cl)c2)cc1. The van der Waals surface area contributed by atoms with Crippen molar-refractivity contribution in [1.29, 1.82) is 0 Å². The molecule has 0 unspecified atom stereocenters. The lowest BCUT2D eigenvalue weighted by Crippen LogP contribution is -2.39. The number of likely N-dealkylation sites (N-methyl/N-ethyl adjacent to an activating group) is 1. The normalized spacial score (nSPS) is 14.3. The molecule has 0 saturated carbocycles. The van der Waals surface area contributed by atoms with E-state index in [2.05, 4.69) is 4.90 Å². The highest BCUT2D eigenvalue weighted by molar-refractivity contribution is 6.42. The number of halogens is 2. The Morgan fingerprint density at radius 3 is 2.12 bits per heavy atom. The molecule has 1 heterocycles. The van der Waals surface area contributed by atoms with Gasteiger partial charge in [0.05, 0.1) is 55.5 Å². The molecule has 9 nitrogen and oxygen atoms in total. The number of methoxy groups -OCH3 is 1. The molecule has 11 heteroatoms. The summed E-state index contributed by atoms with van der Waals surface area (Å²) in [7, 11) is 3.50. The highest BCUT2D eigenvalue weighted by atomic mass is 35.5. The van der Waals surface area contributed by atoms with Crippen molar-refractivity contribution in [3.63, 3.8) is 0 Å². The number of likely N-dealkylation sites (tertiary alicyclic amines) is 1. The maximum absolute atomic E-state index is 13.3. The van der Waals surface area contributed by atoms with E-state index in [1.165, 1.54) is 12.8 Å². The lowest BCUT2D eigenvalue weighted by atomic mass is 10.0. The summed E-state index contributed by atoms with van der Waals surface area (Å²) in [5, 5.41) is 0.930. The molecular formula is C30H42Cl2N2O7. The Hall–Kier alpha value is -1.95. The second kappa shape index (κ2) is 19.3. The Morgan fingerprint density at radius 1 is 0.854 bits per heavy atom. The summed E-state index contributed by atoms with van der Waals surface area (Å²) in [6.07, 6.45) is 2.63. The van der Waals surface area contributed by atoms with Gasteiger partial charge in [0.2, 0.25) is 5.91 Å². The van der Waals surface area contributed by atoms with Gasteiger partial charge in [-0.1, -0.05) is 41.4 Å². The molecule has 1 aliphatic heterocycles. The first kappa shape index (κ1) is 33.6. The molecule has 228 valence electrons. The standard InChI is InChI=1S/C30H42Cl2N2O7/c1-33(30(35)22-24-5-10-27(31)28(32)21-24)29(23-34-11-3-4-12-34)25-6-8-26(9-7-25)39-18-15-38-17-20-41-40-19-16-37-14-13-36-2/h5-10,21,29H,3-4,11-20,22-23H2,1-2H3/t29-/m1/s1. The van der Waals surface area contributed by atoms with E-state index in [9.17, 15) is 4.79 Å². The van der Waals surface area contributed by atoms with Crippen LogP contribution in [0, 0.1) is 0 Å². The van der Waals surface area contributed by atoms with Crippen LogP contribution in [0.5, 0.6) is 5.75 Å². The van der Waals surface area contributed by atoms with E-state index in [1.54, 1.807) is 19.2 Å².